The molecule has 8 nitrogen and oxygen atoms in total. The van der Waals surface area contributed by atoms with Crippen LogP contribution in [0.1, 0.15) is 17.7 Å². The summed E-state index contributed by atoms with van der Waals surface area (Å²) in [6.07, 6.45) is 2.52. The molecule has 0 bridgehead atoms. The molecule has 0 atom stereocenters. The lowest BCUT2D eigenvalue weighted by Crippen LogP contribution is -2.28. The molecule has 1 aromatic heterocycles. The molecule has 0 amide bonds. The van der Waals surface area contributed by atoms with Crippen molar-refractivity contribution in [2.75, 3.05) is 0 Å². The minimum absolute atomic E-state index is 0.0902. The standard InChI is InChI=1S/C16H11F3N2O6S/c17-16(18,19)28(25,26)27-13-6-5-11(23)7-12-14(13)15(24)21(8-20-12)9-1-3-10(22)4-2-9/h1-4,6-8,22-23H,5H2. The van der Waals surface area contributed by atoms with Gasteiger partial charge < -0.3 is 14.4 Å². The maximum atomic E-state index is 12.9. The number of alkyl halides is 3. The van der Waals surface area contributed by atoms with Crippen LogP contribution in [0.15, 0.2) is 47.2 Å². The molecular formula is C16H11F3N2O6S. The van der Waals surface area contributed by atoms with Crippen molar-refractivity contribution in [2.24, 2.45) is 0 Å². The molecule has 148 valence electrons. The van der Waals surface area contributed by atoms with Crippen molar-refractivity contribution in [2.45, 2.75) is 11.9 Å². The van der Waals surface area contributed by atoms with Gasteiger partial charge in [0.2, 0.25) is 0 Å². The van der Waals surface area contributed by atoms with Gasteiger partial charge in [-0.2, -0.15) is 21.6 Å². The van der Waals surface area contributed by atoms with Crippen LogP contribution in [0.3, 0.4) is 0 Å². The van der Waals surface area contributed by atoms with Gasteiger partial charge in [0.1, 0.15) is 17.6 Å². The summed E-state index contributed by atoms with van der Waals surface area (Å²) in [5.74, 6) is -1.36. The summed E-state index contributed by atoms with van der Waals surface area (Å²) in [5, 5.41) is 19.1. The lowest BCUT2D eigenvalue weighted by atomic mass is 10.2. The van der Waals surface area contributed by atoms with E-state index in [1.165, 1.54) is 24.3 Å². The largest absolute Gasteiger partial charge is 0.534 e. The van der Waals surface area contributed by atoms with E-state index in [9.17, 15) is 36.6 Å². The predicted molar refractivity (Wildman–Crippen MR) is 90.8 cm³/mol. The van der Waals surface area contributed by atoms with E-state index in [1.54, 1.807) is 0 Å². The molecular weight excluding hydrogens is 405 g/mol. The molecule has 2 aromatic rings. The number of phenolic OH excluding ortho intramolecular Hbond substituents is 1. The second-order valence-electron chi connectivity index (χ2n) is 5.59. The SMILES string of the molecule is O=c1c2c(ncn1-c1ccc(O)cc1)C=C(O)CC=C2OS(=O)(=O)C(F)(F)F. The Balaban J connectivity index is 2.20. The summed E-state index contributed by atoms with van der Waals surface area (Å²) < 4.78 is 66.0. The number of nitrogens with zero attached hydrogens (tertiary/aromatic N) is 2. The molecule has 3 rings (SSSR count). The smallest absolute Gasteiger partial charge is 0.512 e. The summed E-state index contributed by atoms with van der Waals surface area (Å²) >= 11 is 0. The molecule has 28 heavy (non-hydrogen) atoms. The Morgan fingerprint density at radius 3 is 2.39 bits per heavy atom. The summed E-state index contributed by atoms with van der Waals surface area (Å²) in [6.45, 7) is 0. The lowest BCUT2D eigenvalue weighted by molar-refractivity contribution is -0.0509. The molecule has 1 aliphatic rings. The van der Waals surface area contributed by atoms with Crippen LogP contribution in [0.25, 0.3) is 17.5 Å². The van der Waals surface area contributed by atoms with Crippen LogP contribution in [-0.4, -0.2) is 33.7 Å². The number of hydrogen-bond acceptors (Lipinski definition) is 7. The number of fused-ring (bicyclic) bond motifs is 1. The zero-order chi connectivity index (χ0) is 20.7. The zero-order valence-electron chi connectivity index (χ0n) is 13.7. The van der Waals surface area contributed by atoms with Crippen molar-refractivity contribution >= 4 is 22.0 Å². The first-order valence-corrected chi connectivity index (χ1v) is 8.92. The highest BCUT2D eigenvalue weighted by molar-refractivity contribution is 7.87. The first kappa shape index (κ1) is 19.5. The van der Waals surface area contributed by atoms with Crippen LogP contribution < -0.4 is 5.56 Å². The molecule has 2 N–H and O–H groups in total. The fourth-order valence-electron chi connectivity index (χ4n) is 2.36. The van der Waals surface area contributed by atoms with E-state index in [2.05, 4.69) is 9.17 Å². The number of aliphatic hydroxyl groups excluding tert-OH is 1. The van der Waals surface area contributed by atoms with E-state index in [-0.39, 0.29) is 29.3 Å². The molecule has 0 aliphatic heterocycles. The average Bonchev–Trinajstić information content (AvgIpc) is 2.74. The minimum atomic E-state index is -6.06. The Bertz CT molecular complexity index is 1150. The maximum Gasteiger partial charge on any atom is 0.534 e. The quantitative estimate of drug-likeness (QED) is 0.583. The van der Waals surface area contributed by atoms with E-state index in [0.717, 1.165) is 23.0 Å². The molecule has 0 spiro atoms. The number of aliphatic hydroxyl groups is 1. The minimum Gasteiger partial charge on any atom is -0.512 e. The van der Waals surface area contributed by atoms with Crippen LogP contribution in [0, 0.1) is 0 Å². The topological polar surface area (TPSA) is 119 Å². The van der Waals surface area contributed by atoms with Crippen molar-refractivity contribution < 1.29 is 36.0 Å². The van der Waals surface area contributed by atoms with Gasteiger partial charge in [0.15, 0.2) is 5.76 Å². The van der Waals surface area contributed by atoms with E-state index in [4.69, 9.17) is 0 Å². The van der Waals surface area contributed by atoms with Gasteiger partial charge in [0, 0.05) is 12.5 Å². The van der Waals surface area contributed by atoms with Gasteiger partial charge in [-0.05, 0) is 30.3 Å². The maximum absolute atomic E-state index is 12.9. The monoisotopic (exact) mass is 416 g/mol. The molecule has 0 saturated carbocycles. The van der Waals surface area contributed by atoms with Crippen LogP contribution >= 0.6 is 0 Å². The van der Waals surface area contributed by atoms with Crippen molar-refractivity contribution in [3.8, 4) is 11.4 Å². The van der Waals surface area contributed by atoms with Crippen LogP contribution in [-0.2, 0) is 14.3 Å². The zero-order valence-corrected chi connectivity index (χ0v) is 14.5. The number of hydrogen-bond donors (Lipinski definition) is 2. The first-order chi connectivity index (χ1) is 13.0. The predicted octanol–water partition coefficient (Wildman–Crippen LogP) is 2.45. The average molecular weight is 416 g/mol. The number of rotatable bonds is 3. The molecule has 1 aliphatic carbocycles. The third-order valence-corrected chi connectivity index (χ3v) is 4.62. The third-order valence-electron chi connectivity index (χ3n) is 3.66. The molecule has 0 unspecified atom stereocenters. The van der Waals surface area contributed by atoms with Crippen molar-refractivity contribution in [1.82, 2.24) is 9.55 Å². The second-order valence-corrected chi connectivity index (χ2v) is 7.13. The van der Waals surface area contributed by atoms with Crippen LogP contribution in [0.5, 0.6) is 5.75 Å². The van der Waals surface area contributed by atoms with Gasteiger partial charge >= 0.3 is 15.6 Å². The summed E-state index contributed by atoms with van der Waals surface area (Å²) in [6, 6.07) is 5.21. The van der Waals surface area contributed by atoms with E-state index < -0.39 is 32.5 Å². The Labute approximate surface area is 155 Å². The summed E-state index contributed by atoms with van der Waals surface area (Å²) in [5.41, 5.74) is -7.29. The van der Waals surface area contributed by atoms with Gasteiger partial charge in [-0.1, -0.05) is 0 Å². The van der Waals surface area contributed by atoms with Gasteiger partial charge in [-0.25, -0.2) is 4.98 Å². The normalized spacial score (nSPS) is 14.5. The highest BCUT2D eigenvalue weighted by atomic mass is 32.2. The summed E-state index contributed by atoms with van der Waals surface area (Å²) in [4.78, 5) is 16.8. The second kappa shape index (κ2) is 6.71. The number of phenols is 1. The van der Waals surface area contributed by atoms with Crippen LogP contribution in [0.2, 0.25) is 0 Å². The Morgan fingerprint density at radius 1 is 1.14 bits per heavy atom. The lowest BCUT2D eigenvalue weighted by Gasteiger charge is -2.14. The highest BCUT2D eigenvalue weighted by Crippen LogP contribution is 2.32. The van der Waals surface area contributed by atoms with Crippen LogP contribution in [0.4, 0.5) is 13.2 Å². The van der Waals surface area contributed by atoms with Gasteiger partial charge in [-0.3, -0.25) is 9.36 Å². The number of benzene rings is 1. The number of aromatic nitrogens is 2. The van der Waals surface area contributed by atoms with E-state index in [1.807, 2.05) is 0 Å². The van der Waals surface area contributed by atoms with Crippen molar-refractivity contribution in [1.29, 1.82) is 0 Å². The first-order valence-electron chi connectivity index (χ1n) is 7.51. The fourth-order valence-corrected chi connectivity index (χ4v) is 2.84. The Hall–Kier alpha value is -3.28. The fraction of sp³-hybridized carbons (Fsp3) is 0.125. The van der Waals surface area contributed by atoms with Gasteiger partial charge in [0.05, 0.1) is 17.1 Å². The highest BCUT2D eigenvalue weighted by Gasteiger charge is 2.49. The number of allylic oxidation sites excluding steroid dienone is 1. The molecule has 0 fully saturated rings. The number of halogens is 3. The van der Waals surface area contributed by atoms with Gasteiger partial charge in [0.25, 0.3) is 5.56 Å². The van der Waals surface area contributed by atoms with E-state index in [0.29, 0.717) is 0 Å². The Kier molecular flexibility index (Phi) is 4.67. The molecule has 1 aromatic carbocycles. The Morgan fingerprint density at radius 2 is 1.79 bits per heavy atom. The summed E-state index contributed by atoms with van der Waals surface area (Å²) in [7, 11) is -6.06. The van der Waals surface area contributed by atoms with Crippen molar-refractivity contribution in [3.05, 3.63) is 64.0 Å². The molecule has 0 radical (unpaired) electrons. The van der Waals surface area contributed by atoms with Crippen molar-refractivity contribution in [3.63, 3.8) is 0 Å². The van der Waals surface area contributed by atoms with E-state index >= 15 is 0 Å². The number of aromatic hydroxyl groups is 1. The third kappa shape index (κ3) is 3.58. The molecule has 12 heteroatoms. The molecule has 1 heterocycles. The molecule has 0 saturated heterocycles. The van der Waals surface area contributed by atoms with Gasteiger partial charge in [-0.15, -0.1) is 0 Å².